The molecular weight excluding hydrogens is 918 g/mol. The highest BCUT2D eigenvalue weighted by Gasteiger charge is 2.58. The zero-order valence-corrected chi connectivity index (χ0v) is 47.6. The lowest BCUT2D eigenvalue weighted by atomic mass is 9.33. The Morgan fingerprint density at radius 2 is 1.08 bits per heavy atom. The van der Waals surface area contributed by atoms with E-state index >= 15 is 0 Å². The molecule has 0 bridgehead atoms. The smallest absolute Gasteiger partial charge is 0.252 e. The van der Waals surface area contributed by atoms with Crippen LogP contribution in [0.5, 0.6) is 0 Å². The van der Waals surface area contributed by atoms with E-state index in [1.165, 1.54) is 148 Å². The van der Waals surface area contributed by atoms with Gasteiger partial charge in [-0.1, -0.05) is 166 Å². The molecule has 3 aliphatic heterocycles. The third kappa shape index (κ3) is 7.35. The van der Waals surface area contributed by atoms with Crippen LogP contribution in [0, 0.1) is 26.2 Å². The van der Waals surface area contributed by atoms with Crippen LogP contribution >= 0.6 is 0 Å². The first-order valence-corrected chi connectivity index (χ1v) is 28.5. The van der Waals surface area contributed by atoms with Gasteiger partial charge in [0.15, 0.2) is 0 Å². The maximum Gasteiger partial charge on any atom is 0.252 e. The molecule has 4 heteroatoms. The van der Waals surface area contributed by atoms with Crippen molar-refractivity contribution in [2.75, 3.05) is 14.7 Å². The summed E-state index contributed by atoms with van der Waals surface area (Å²) in [6, 6.07) is 60.0. The maximum absolute atomic E-state index is 2.80. The number of nitrogens with zero attached hydrogens (tertiary/aromatic N) is 3. The van der Waals surface area contributed by atoms with E-state index in [4.69, 9.17) is 0 Å². The highest BCUT2D eigenvalue weighted by atomic mass is 15.3. The van der Waals surface area contributed by atoms with Gasteiger partial charge in [-0.3, -0.25) is 0 Å². The first kappa shape index (κ1) is 48.8. The van der Waals surface area contributed by atoms with Crippen LogP contribution in [-0.2, 0) is 29.1 Å². The summed E-state index contributed by atoms with van der Waals surface area (Å²) in [4.78, 5) is 8.17. The Morgan fingerprint density at radius 1 is 0.461 bits per heavy atom. The monoisotopic (exact) mass is 994 g/mol. The molecule has 1 fully saturated rings. The van der Waals surface area contributed by atoms with E-state index in [2.05, 4.69) is 256 Å². The van der Waals surface area contributed by atoms with Crippen LogP contribution in [0.25, 0.3) is 22.3 Å². The molecule has 0 radical (unpaired) electrons. The van der Waals surface area contributed by atoms with Crippen LogP contribution < -0.4 is 31.1 Å². The predicted octanol–water partition coefficient (Wildman–Crippen LogP) is 17.5. The predicted molar refractivity (Wildman–Crippen MR) is 327 cm³/mol. The SMILES string of the molecule is Cc1cc2c3c(c1)N(c1ccc(C(C)(C)C)cc1-c1ccccc1)c1cc4c(cc1B3c1ccc(N3c5ccc(-c6ccccc6C)cc5C5(C)CCCCC35C)cc1N2c1ccc(C(C)(C)C)cc1C)CC(C)(C)C4. The van der Waals surface area contributed by atoms with Gasteiger partial charge in [-0.25, -0.2) is 0 Å². The molecule has 3 nitrogen and oxygen atoms in total. The van der Waals surface area contributed by atoms with Crippen LogP contribution in [0.2, 0.25) is 0 Å². The van der Waals surface area contributed by atoms with Gasteiger partial charge in [-0.2, -0.15) is 0 Å². The largest absolute Gasteiger partial charge is 0.334 e. The van der Waals surface area contributed by atoms with Crippen LogP contribution in [-0.4, -0.2) is 12.3 Å². The van der Waals surface area contributed by atoms with E-state index in [0.29, 0.717) is 0 Å². The van der Waals surface area contributed by atoms with Crippen molar-refractivity contribution in [1.29, 1.82) is 0 Å². The standard InChI is InChI=1S/C72H76BN3/c1-45-35-65-67-66(36-45)75(61-32-27-53(69(7,8)9)41-56(61)48-22-15-14-16-23-48)63-40-51-44-70(10,11)43-50(51)39-59(63)73(67)58-29-28-54(42-64(58)74(65)60-31-26-52(37-47(60)3)68(4,5)6)76-62-30-25-49(55-24-18-17-21-46(55)2)38-57(62)71(12)33-19-20-34-72(71,76)13/h14-18,21-32,35-42H,19-20,33-34,43-44H2,1-13H3. The summed E-state index contributed by atoms with van der Waals surface area (Å²) in [5.41, 5.74) is 30.7. The summed E-state index contributed by atoms with van der Waals surface area (Å²) in [6.45, 7) is 31.1. The summed E-state index contributed by atoms with van der Waals surface area (Å²) in [5, 5.41) is 0. The van der Waals surface area contributed by atoms with Gasteiger partial charge >= 0.3 is 0 Å². The van der Waals surface area contributed by atoms with Gasteiger partial charge in [-0.05, 0) is 208 Å². The molecule has 5 aliphatic rings. The molecule has 8 aromatic rings. The second kappa shape index (κ2) is 16.9. The Balaban J connectivity index is 1.09. The topological polar surface area (TPSA) is 9.72 Å². The van der Waals surface area contributed by atoms with E-state index < -0.39 is 0 Å². The molecule has 2 unspecified atom stereocenters. The minimum atomic E-state index is -0.109. The summed E-state index contributed by atoms with van der Waals surface area (Å²) >= 11 is 0. The van der Waals surface area contributed by atoms with Crippen LogP contribution in [0.4, 0.5) is 45.5 Å². The van der Waals surface area contributed by atoms with Crippen molar-refractivity contribution in [3.8, 4) is 22.3 Å². The third-order valence-electron chi connectivity index (χ3n) is 19.2. The van der Waals surface area contributed by atoms with Crippen molar-refractivity contribution in [3.63, 3.8) is 0 Å². The van der Waals surface area contributed by atoms with Gasteiger partial charge in [0.25, 0.3) is 6.71 Å². The number of aryl methyl sites for hydroxylation is 3. The average Bonchev–Trinajstić information content (AvgIpc) is 4.02. The molecule has 0 saturated heterocycles. The molecule has 0 amide bonds. The lowest BCUT2D eigenvalue weighted by Gasteiger charge is -2.50. The minimum absolute atomic E-state index is 0.0142. The van der Waals surface area contributed by atoms with Crippen molar-refractivity contribution < 1.29 is 0 Å². The molecule has 1 saturated carbocycles. The maximum atomic E-state index is 2.80. The van der Waals surface area contributed by atoms with Crippen LogP contribution in [0.3, 0.4) is 0 Å². The number of hydrogen-bond acceptors (Lipinski definition) is 3. The number of fused-ring (bicyclic) bond motifs is 8. The molecule has 0 spiro atoms. The Bertz CT molecular complexity index is 3700. The molecule has 382 valence electrons. The molecule has 76 heavy (non-hydrogen) atoms. The molecule has 8 aromatic carbocycles. The van der Waals surface area contributed by atoms with Crippen molar-refractivity contribution in [3.05, 3.63) is 196 Å². The lowest BCUT2D eigenvalue weighted by molar-refractivity contribution is 0.195. The Hall–Kier alpha value is -6.78. The van der Waals surface area contributed by atoms with Crippen LogP contribution in [0.15, 0.2) is 152 Å². The number of hydrogen-bond donors (Lipinski definition) is 0. The number of rotatable bonds is 5. The first-order valence-electron chi connectivity index (χ1n) is 28.5. The third-order valence-corrected chi connectivity index (χ3v) is 19.2. The molecule has 2 aliphatic carbocycles. The Kier molecular flexibility index (Phi) is 10.8. The molecule has 3 heterocycles. The van der Waals surface area contributed by atoms with Gasteiger partial charge in [0, 0.05) is 50.8 Å². The second-order valence-electron chi connectivity index (χ2n) is 27.1. The molecule has 2 atom stereocenters. The molecule has 13 rings (SSSR count). The second-order valence-corrected chi connectivity index (χ2v) is 27.1. The average molecular weight is 994 g/mol. The Labute approximate surface area is 455 Å². The quantitative estimate of drug-likeness (QED) is 0.159. The van der Waals surface area contributed by atoms with E-state index in [0.717, 1.165) is 19.3 Å². The summed E-state index contributed by atoms with van der Waals surface area (Å²) in [5.74, 6) is 0. The van der Waals surface area contributed by atoms with Crippen molar-refractivity contribution in [2.24, 2.45) is 5.41 Å². The fourth-order valence-corrected chi connectivity index (χ4v) is 15.0. The van der Waals surface area contributed by atoms with E-state index in [9.17, 15) is 0 Å². The summed E-state index contributed by atoms with van der Waals surface area (Å²) in [7, 11) is 0. The van der Waals surface area contributed by atoms with E-state index in [-0.39, 0.29) is 33.9 Å². The van der Waals surface area contributed by atoms with Gasteiger partial charge < -0.3 is 14.7 Å². The fraction of sp³-hybridized carbons (Fsp3) is 0.333. The summed E-state index contributed by atoms with van der Waals surface area (Å²) < 4.78 is 0. The van der Waals surface area contributed by atoms with Gasteiger partial charge in [0.2, 0.25) is 0 Å². The highest BCUT2D eigenvalue weighted by Crippen LogP contribution is 2.62. The van der Waals surface area contributed by atoms with Gasteiger partial charge in [-0.15, -0.1) is 0 Å². The minimum Gasteiger partial charge on any atom is -0.334 e. The fourth-order valence-electron chi connectivity index (χ4n) is 15.0. The zero-order valence-electron chi connectivity index (χ0n) is 47.6. The summed E-state index contributed by atoms with van der Waals surface area (Å²) in [6.07, 6.45) is 6.96. The Morgan fingerprint density at radius 3 is 1.78 bits per heavy atom. The number of benzene rings is 8. The van der Waals surface area contributed by atoms with Crippen molar-refractivity contribution >= 4 is 68.6 Å². The van der Waals surface area contributed by atoms with Crippen LogP contribution in [0.1, 0.15) is 139 Å². The van der Waals surface area contributed by atoms with E-state index in [1.807, 2.05) is 0 Å². The first-order chi connectivity index (χ1) is 36.1. The van der Waals surface area contributed by atoms with Crippen molar-refractivity contribution in [1.82, 2.24) is 0 Å². The molecule has 0 aromatic heterocycles. The number of anilines is 8. The lowest BCUT2D eigenvalue weighted by Crippen LogP contribution is -2.61. The molecular formula is C72H76BN3. The van der Waals surface area contributed by atoms with Gasteiger partial charge in [0.05, 0.1) is 11.2 Å². The normalized spacial score (nSPS) is 20.0. The highest BCUT2D eigenvalue weighted by molar-refractivity contribution is 7.00. The van der Waals surface area contributed by atoms with E-state index in [1.54, 1.807) is 0 Å². The van der Waals surface area contributed by atoms with Gasteiger partial charge in [0.1, 0.15) is 0 Å². The zero-order chi connectivity index (χ0) is 53.0. The molecule has 0 N–H and O–H groups in total. The van der Waals surface area contributed by atoms with Crippen molar-refractivity contribution in [2.45, 2.75) is 150 Å².